The van der Waals surface area contributed by atoms with Gasteiger partial charge >= 0.3 is 12.1 Å². The average molecular weight is 361 g/mol. The number of alkyl halides is 3. The van der Waals surface area contributed by atoms with Crippen molar-refractivity contribution in [2.75, 3.05) is 0 Å². The van der Waals surface area contributed by atoms with Crippen LogP contribution in [0.1, 0.15) is 11.5 Å². The van der Waals surface area contributed by atoms with Crippen molar-refractivity contribution in [3.63, 3.8) is 0 Å². The molecule has 0 saturated heterocycles. The van der Waals surface area contributed by atoms with Gasteiger partial charge in [0.15, 0.2) is 0 Å². The van der Waals surface area contributed by atoms with Crippen molar-refractivity contribution < 1.29 is 22.1 Å². The van der Waals surface area contributed by atoms with Gasteiger partial charge in [-0.25, -0.2) is 4.39 Å². The van der Waals surface area contributed by atoms with Gasteiger partial charge in [-0.2, -0.15) is 18.2 Å². The summed E-state index contributed by atoms with van der Waals surface area (Å²) in [7, 11) is 0. The van der Waals surface area contributed by atoms with Crippen LogP contribution in [0, 0.1) is 5.82 Å². The zero-order chi connectivity index (χ0) is 18.3. The van der Waals surface area contributed by atoms with Gasteiger partial charge in [-0.05, 0) is 35.2 Å². The standard InChI is InChI=1S/C18H11F4N3O/c19-14-6-5-12-7-8-25(15(12)9-14)10-11-1-3-13(4-2-11)16-23-17(26-24-16)18(20,21)22/h1-9H,10H2. The van der Waals surface area contributed by atoms with Gasteiger partial charge in [0.05, 0.1) is 5.52 Å². The Labute approximate surface area is 144 Å². The molecule has 8 heteroatoms. The minimum atomic E-state index is -4.67. The van der Waals surface area contributed by atoms with Crippen LogP contribution < -0.4 is 0 Å². The first-order valence-electron chi connectivity index (χ1n) is 7.65. The molecule has 0 fully saturated rings. The van der Waals surface area contributed by atoms with E-state index in [1.807, 2.05) is 16.8 Å². The van der Waals surface area contributed by atoms with Crippen LogP contribution in [0.5, 0.6) is 0 Å². The van der Waals surface area contributed by atoms with Gasteiger partial charge in [-0.1, -0.05) is 29.4 Å². The van der Waals surface area contributed by atoms with Gasteiger partial charge < -0.3 is 9.09 Å². The Balaban J connectivity index is 1.58. The lowest BCUT2D eigenvalue weighted by Crippen LogP contribution is -2.04. The number of nitrogens with zero attached hydrogens (tertiary/aromatic N) is 3. The summed E-state index contributed by atoms with van der Waals surface area (Å²) in [5.74, 6) is -1.82. The molecule has 0 bridgehead atoms. The van der Waals surface area contributed by atoms with E-state index in [1.54, 1.807) is 30.3 Å². The van der Waals surface area contributed by atoms with Gasteiger partial charge in [-0.3, -0.25) is 0 Å². The normalized spacial score (nSPS) is 12.0. The summed E-state index contributed by atoms with van der Waals surface area (Å²) in [5.41, 5.74) is 2.08. The lowest BCUT2D eigenvalue weighted by atomic mass is 10.1. The third-order valence-corrected chi connectivity index (χ3v) is 3.97. The molecular weight excluding hydrogens is 350 g/mol. The molecule has 4 rings (SSSR count). The molecule has 132 valence electrons. The Bertz CT molecular complexity index is 1060. The maximum atomic E-state index is 13.4. The van der Waals surface area contributed by atoms with E-state index >= 15 is 0 Å². The van der Waals surface area contributed by atoms with E-state index in [2.05, 4.69) is 14.7 Å². The van der Waals surface area contributed by atoms with Crippen molar-refractivity contribution in [1.82, 2.24) is 14.7 Å². The summed E-state index contributed by atoms with van der Waals surface area (Å²) in [4.78, 5) is 3.36. The molecule has 0 unspecified atom stereocenters. The summed E-state index contributed by atoms with van der Waals surface area (Å²) in [6, 6.07) is 13.2. The second kappa shape index (κ2) is 5.98. The molecule has 4 nitrogen and oxygen atoms in total. The topological polar surface area (TPSA) is 43.9 Å². The zero-order valence-electron chi connectivity index (χ0n) is 13.2. The number of hydrogen-bond acceptors (Lipinski definition) is 3. The first-order valence-corrected chi connectivity index (χ1v) is 7.65. The van der Waals surface area contributed by atoms with Crippen LogP contribution in [0.3, 0.4) is 0 Å². The van der Waals surface area contributed by atoms with E-state index in [-0.39, 0.29) is 11.6 Å². The average Bonchev–Trinajstić information content (AvgIpc) is 3.23. The Hall–Kier alpha value is -3.16. The molecule has 0 amide bonds. The van der Waals surface area contributed by atoms with Crippen molar-refractivity contribution in [2.24, 2.45) is 0 Å². The van der Waals surface area contributed by atoms with Gasteiger partial charge in [0.1, 0.15) is 5.82 Å². The molecule has 0 aliphatic carbocycles. The fourth-order valence-electron chi connectivity index (χ4n) is 2.71. The summed E-state index contributed by atoms with van der Waals surface area (Å²) in [6.07, 6.45) is -2.82. The number of fused-ring (bicyclic) bond motifs is 1. The molecule has 0 aliphatic heterocycles. The number of benzene rings is 2. The highest BCUT2D eigenvalue weighted by Gasteiger charge is 2.38. The van der Waals surface area contributed by atoms with Crippen molar-refractivity contribution >= 4 is 10.9 Å². The molecular formula is C18H11F4N3O. The van der Waals surface area contributed by atoms with Gasteiger partial charge in [0, 0.05) is 18.3 Å². The minimum Gasteiger partial charge on any atom is -0.343 e. The maximum absolute atomic E-state index is 13.4. The van der Waals surface area contributed by atoms with Crippen molar-refractivity contribution in [3.05, 3.63) is 72.0 Å². The quantitative estimate of drug-likeness (QED) is 0.488. The highest BCUT2D eigenvalue weighted by molar-refractivity contribution is 5.80. The predicted octanol–water partition coefficient (Wildman–Crippen LogP) is 4.90. The Kier molecular flexibility index (Phi) is 3.75. The summed E-state index contributed by atoms with van der Waals surface area (Å²) >= 11 is 0. The van der Waals surface area contributed by atoms with Crippen LogP contribution in [0.15, 0.2) is 59.3 Å². The molecule has 4 aromatic rings. The molecule has 26 heavy (non-hydrogen) atoms. The van der Waals surface area contributed by atoms with Crippen LogP contribution in [-0.4, -0.2) is 14.7 Å². The van der Waals surface area contributed by atoms with E-state index in [4.69, 9.17) is 0 Å². The molecule has 0 spiro atoms. The maximum Gasteiger partial charge on any atom is 0.471 e. The Morgan fingerprint density at radius 2 is 1.77 bits per heavy atom. The van der Waals surface area contributed by atoms with Crippen LogP contribution in [0.2, 0.25) is 0 Å². The SMILES string of the molecule is Fc1ccc2ccn(Cc3ccc(-c4noc(C(F)(F)F)n4)cc3)c2c1. The zero-order valence-corrected chi connectivity index (χ0v) is 13.2. The smallest absolute Gasteiger partial charge is 0.343 e. The summed E-state index contributed by atoms with van der Waals surface area (Å²) < 4.78 is 57.1. The molecule has 2 heterocycles. The van der Waals surface area contributed by atoms with Crippen molar-refractivity contribution in [1.29, 1.82) is 0 Å². The third-order valence-electron chi connectivity index (χ3n) is 3.97. The van der Waals surface area contributed by atoms with Crippen LogP contribution in [0.25, 0.3) is 22.3 Å². The lowest BCUT2D eigenvalue weighted by molar-refractivity contribution is -0.159. The fraction of sp³-hybridized carbons (Fsp3) is 0.111. The number of aromatic nitrogens is 3. The van der Waals surface area contributed by atoms with E-state index in [0.717, 1.165) is 16.5 Å². The summed E-state index contributed by atoms with van der Waals surface area (Å²) in [6.45, 7) is 0.493. The van der Waals surface area contributed by atoms with E-state index in [0.29, 0.717) is 12.1 Å². The van der Waals surface area contributed by atoms with Crippen molar-refractivity contribution in [2.45, 2.75) is 12.7 Å². The highest BCUT2D eigenvalue weighted by Crippen LogP contribution is 2.29. The van der Waals surface area contributed by atoms with Crippen LogP contribution >= 0.6 is 0 Å². The molecule has 0 aliphatic rings. The first-order chi connectivity index (χ1) is 12.4. The van der Waals surface area contributed by atoms with Crippen molar-refractivity contribution in [3.8, 4) is 11.4 Å². The van der Waals surface area contributed by atoms with Crippen LogP contribution in [0.4, 0.5) is 17.6 Å². The van der Waals surface area contributed by atoms with E-state index in [9.17, 15) is 17.6 Å². The first kappa shape index (κ1) is 16.3. The molecule has 0 saturated carbocycles. The van der Waals surface area contributed by atoms with Gasteiger partial charge in [0.2, 0.25) is 5.82 Å². The number of rotatable bonds is 3. The molecule has 0 atom stereocenters. The Morgan fingerprint density at radius 1 is 1.00 bits per heavy atom. The molecule has 0 radical (unpaired) electrons. The second-order valence-electron chi connectivity index (χ2n) is 5.76. The van der Waals surface area contributed by atoms with E-state index in [1.165, 1.54) is 12.1 Å². The second-order valence-corrected chi connectivity index (χ2v) is 5.76. The number of halogens is 4. The fourth-order valence-corrected chi connectivity index (χ4v) is 2.71. The van der Waals surface area contributed by atoms with Gasteiger partial charge in [0.25, 0.3) is 0 Å². The third kappa shape index (κ3) is 3.05. The monoisotopic (exact) mass is 361 g/mol. The van der Waals surface area contributed by atoms with E-state index < -0.39 is 12.1 Å². The molecule has 2 aromatic carbocycles. The molecule has 0 N–H and O–H groups in total. The van der Waals surface area contributed by atoms with Gasteiger partial charge in [-0.15, -0.1) is 0 Å². The highest BCUT2D eigenvalue weighted by atomic mass is 19.4. The lowest BCUT2D eigenvalue weighted by Gasteiger charge is -2.06. The largest absolute Gasteiger partial charge is 0.471 e. The van der Waals surface area contributed by atoms with Crippen LogP contribution in [-0.2, 0) is 12.7 Å². The molecule has 2 aromatic heterocycles. The minimum absolute atomic E-state index is 0.127. The Morgan fingerprint density at radius 3 is 2.46 bits per heavy atom. The predicted molar refractivity (Wildman–Crippen MR) is 85.7 cm³/mol. The number of hydrogen-bond donors (Lipinski definition) is 0. The summed E-state index contributed by atoms with van der Waals surface area (Å²) in [5, 5.41) is 4.28.